The molecule has 0 unspecified atom stereocenters. The van der Waals surface area contributed by atoms with Crippen LogP contribution in [0.15, 0.2) is 18.2 Å². The summed E-state index contributed by atoms with van der Waals surface area (Å²) < 4.78 is 15.6. The standard InChI is InChI=1S/C18H25NO6/c1-11(20)13-7-8-14(15(9-13)23-6)24-10-16(21)25-12(2)17(22)19-18(3,4)5/h7-9,12H,10H2,1-6H3,(H,19,22)/t12-/m0/s1. The molecular weight excluding hydrogens is 326 g/mol. The Morgan fingerprint density at radius 2 is 1.80 bits per heavy atom. The van der Waals surface area contributed by atoms with Crippen molar-refractivity contribution in [3.8, 4) is 11.5 Å². The molecule has 1 aromatic carbocycles. The smallest absolute Gasteiger partial charge is 0.344 e. The second-order valence-electron chi connectivity index (χ2n) is 6.58. The monoisotopic (exact) mass is 351 g/mol. The van der Waals surface area contributed by atoms with E-state index in [9.17, 15) is 14.4 Å². The van der Waals surface area contributed by atoms with Gasteiger partial charge in [-0.3, -0.25) is 9.59 Å². The molecule has 0 spiro atoms. The highest BCUT2D eigenvalue weighted by Gasteiger charge is 2.22. The van der Waals surface area contributed by atoms with E-state index in [0.29, 0.717) is 17.1 Å². The van der Waals surface area contributed by atoms with Gasteiger partial charge in [0, 0.05) is 11.1 Å². The van der Waals surface area contributed by atoms with Gasteiger partial charge in [0.1, 0.15) is 0 Å². The van der Waals surface area contributed by atoms with Crippen molar-refractivity contribution in [3.63, 3.8) is 0 Å². The highest BCUT2D eigenvalue weighted by Crippen LogP contribution is 2.28. The molecule has 7 heteroatoms. The number of hydrogen-bond acceptors (Lipinski definition) is 6. The zero-order valence-electron chi connectivity index (χ0n) is 15.5. The topological polar surface area (TPSA) is 90.9 Å². The molecule has 1 aromatic rings. The average Bonchev–Trinajstić information content (AvgIpc) is 2.50. The number of methoxy groups -OCH3 is 1. The number of rotatable bonds is 7. The maximum absolute atomic E-state index is 11.9. The number of carbonyl (C=O) groups excluding carboxylic acids is 3. The fraction of sp³-hybridized carbons (Fsp3) is 0.500. The summed E-state index contributed by atoms with van der Waals surface area (Å²) in [6.07, 6.45) is -0.933. The Morgan fingerprint density at radius 3 is 2.32 bits per heavy atom. The normalized spacial score (nSPS) is 12.1. The second kappa shape index (κ2) is 8.50. The molecule has 0 aliphatic rings. The van der Waals surface area contributed by atoms with E-state index in [1.165, 1.54) is 27.0 Å². The summed E-state index contributed by atoms with van der Waals surface area (Å²) in [5.74, 6) is -0.545. The van der Waals surface area contributed by atoms with Gasteiger partial charge < -0.3 is 19.5 Å². The number of ketones is 1. The van der Waals surface area contributed by atoms with Gasteiger partial charge in [0.15, 0.2) is 30.0 Å². The summed E-state index contributed by atoms with van der Waals surface area (Å²) in [5, 5.41) is 2.72. The Labute approximate surface area is 147 Å². The van der Waals surface area contributed by atoms with Crippen molar-refractivity contribution in [2.45, 2.75) is 46.3 Å². The minimum Gasteiger partial charge on any atom is -0.493 e. The van der Waals surface area contributed by atoms with Crippen molar-refractivity contribution in [1.82, 2.24) is 5.32 Å². The first-order valence-corrected chi connectivity index (χ1v) is 7.86. The van der Waals surface area contributed by atoms with Gasteiger partial charge in [0.25, 0.3) is 5.91 Å². The van der Waals surface area contributed by atoms with Gasteiger partial charge in [-0.2, -0.15) is 0 Å². The van der Waals surface area contributed by atoms with Gasteiger partial charge in [0.2, 0.25) is 0 Å². The molecule has 25 heavy (non-hydrogen) atoms. The van der Waals surface area contributed by atoms with Gasteiger partial charge in [-0.05, 0) is 52.8 Å². The molecule has 0 aliphatic carbocycles. The van der Waals surface area contributed by atoms with Crippen LogP contribution < -0.4 is 14.8 Å². The van der Waals surface area contributed by atoms with E-state index in [4.69, 9.17) is 14.2 Å². The molecular formula is C18H25NO6. The van der Waals surface area contributed by atoms with Crippen LogP contribution in [-0.4, -0.2) is 43.0 Å². The quantitative estimate of drug-likeness (QED) is 0.598. The van der Waals surface area contributed by atoms with E-state index in [-0.39, 0.29) is 18.3 Å². The first kappa shape index (κ1) is 20.5. The number of benzene rings is 1. The van der Waals surface area contributed by atoms with E-state index in [0.717, 1.165) is 0 Å². The fourth-order valence-electron chi connectivity index (χ4n) is 1.90. The molecule has 7 nitrogen and oxygen atoms in total. The Morgan fingerprint density at radius 1 is 1.16 bits per heavy atom. The fourth-order valence-corrected chi connectivity index (χ4v) is 1.90. The Bertz CT molecular complexity index is 647. The largest absolute Gasteiger partial charge is 0.493 e. The number of carbonyl (C=O) groups is 3. The number of nitrogens with one attached hydrogen (secondary N) is 1. The van der Waals surface area contributed by atoms with Crippen LogP contribution in [0.4, 0.5) is 0 Å². The van der Waals surface area contributed by atoms with E-state index in [1.807, 2.05) is 20.8 Å². The lowest BCUT2D eigenvalue weighted by molar-refractivity contribution is -0.157. The van der Waals surface area contributed by atoms with Crippen molar-refractivity contribution < 1.29 is 28.6 Å². The summed E-state index contributed by atoms with van der Waals surface area (Å²) in [6.45, 7) is 8.04. The first-order chi connectivity index (χ1) is 11.5. The number of Topliss-reactive ketones (excluding diaryl/α,β-unsaturated/α-hetero) is 1. The summed E-state index contributed by atoms with van der Waals surface area (Å²) in [4.78, 5) is 35.1. The lowest BCUT2D eigenvalue weighted by Crippen LogP contribution is -2.46. The Kier molecular flexibility index (Phi) is 6.97. The summed E-state index contributed by atoms with van der Waals surface area (Å²) >= 11 is 0. The van der Waals surface area contributed by atoms with E-state index >= 15 is 0 Å². The highest BCUT2D eigenvalue weighted by molar-refractivity contribution is 5.94. The van der Waals surface area contributed by atoms with Crippen LogP contribution in [0.1, 0.15) is 45.0 Å². The zero-order chi connectivity index (χ0) is 19.2. The van der Waals surface area contributed by atoms with Gasteiger partial charge in [-0.25, -0.2) is 4.79 Å². The molecule has 1 N–H and O–H groups in total. The molecule has 0 radical (unpaired) electrons. The SMILES string of the molecule is COc1cc(C(C)=O)ccc1OCC(=O)O[C@@H](C)C(=O)NC(C)(C)C. The molecule has 1 amide bonds. The van der Waals surface area contributed by atoms with E-state index < -0.39 is 17.6 Å². The maximum atomic E-state index is 11.9. The highest BCUT2D eigenvalue weighted by atomic mass is 16.6. The van der Waals surface area contributed by atoms with Crippen molar-refractivity contribution >= 4 is 17.7 Å². The van der Waals surface area contributed by atoms with E-state index in [1.54, 1.807) is 12.1 Å². The first-order valence-electron chi connectivity index (χ1n) is 7.86. The number of hydrogen-bond donors (Lipinski definition) is 1. The summed E-state index contributed by atoms with van der Waals surface area (Å²) in [6, 6.07) is 4.64. The Balaban J connectivity index is 2.62. The molecule has 0 aromatic heterocycles. The van der Waals surface area contributed by atoms with Crippen LogP contribution >= 0.6 is 0 Å². The van der Waals surface area contributed by atoms with Crippen LogP contribution in [0.5, 0.6) is 11.5 Å². The average molecular weight is 351 g/mol. The molecule has 0 saturated carbocycles. The van der Waals surface area contributed by atoms with E-state index in [2.05, 4.69) is 5.32 Å². The third-order valence-electron chi connectivity index (χ3n) is 3.09. The number of amides is 1. The molecule has 0 heterocycles. The van der Waals surface area contributed by atoms with Crippen LogP contribution in [0, 0.1) is 0 Å². The molecule has 138 valence electrons. The van der Waals surface area contributed by atoms with Crippen molar-refractivity contribution in [1.29, 1.82) is 0 Å². The zero-order valence-corrected chi connectivity index (χ0v) is 15.5. The van der Waals surface area contributed by atoms with Gasteiger partial charge in [-0.1, -0.05) is 0 Å². The lowest BCUT2D eigenvalue weighted by atomic mass is 10.1. The van der Waals surface area contributed by atoms with Crippen molar-refractivity contribution in [3.05, 3.63) is 23.8 Å². The molecule has 0 bridgehead atoms. The van der Waals surface area contributed by atoms with Crippen molar-refractivity contribution in [2.75, 3.05) is 13.7 Å². The molecule has 1 rings (SSSR count). The number of ether oxygens (including phenoxy) is 3. The number of esters is 1. The maximum Gasteiger partial charge on any atom is 0.344 e. The van der Waals surface area contributed by atoms with Crippen LogP contribution in [0.2, 0.25) is 0 Å². The lowest BCUT2D eigenvalue weighted by Gasteiger charge is -2.23. The van der Waals surface area contributed by atoms with Gasteiger partial charge in [-0.15, -0.1) is 0 Å². The third-order valence-corrected chi connectivity index (χ3v) is 3.09. The minimum atomic E-state index is -0.933. The second-order valence-corrected chi connectivity index (χ2v) is 6.58. The van der Waals surface area contributed by atoms with Crippen LogP contribution in [0.3, 0.4) is 0 Å². The van der Waals surface area contributed by atoms with Crippen LogP contribution in [-0.2, 0) is 14.3 Å². The Hall–Kier alpha value is -2.57. The summed E-state index contributed by atoms with van der Waals surface area (Å²) in [7, 11) is 1.43. The van der Waals surface area contributed by atoms with Gasteiger partial charge >= 0.3 is 5.97 Å². The summed E-state index contributed by atoms with van der Waals surface area (Å²) in [5.41, 5.74) is 0.0549. The predicted molar refractivity (Wildman–Crippen MR) is 91.9 cm³/mol. The molecule has 0 saturated heterocycles. The predicted octanol–water partition coefficient (Wildman–Crippen LogP) is 2.12. The molecule has 0 aliphatic heterocycles. The molecule has 1 atom stereocenters. The van der Waals surface area contributed by atoms with Crippen LogP contribution in [0.25, 0.3) is 0 Å². The van der Waals surface area contributed by atoms with Crippen molar-refractivity contribution in [2.24, 2.45) is 0 Å². The third kappa shape index (κ3) is 6.82. The van der Waals surface area contributed by atoms with Gasteiger partial charge in [0.05, 0.1) is 7.11 Å². The molecule has 0 fully saturated rings. The minimum absolute atomic E-state index is 0.108.